The van der Waals surface area contributed by atoms with Crippen molar-refractivity contribution in [3.63, 3.8) is 0 Å². The Balaban J connectivity index is 1.60. The fourth-order valence-corrected chi connectivity index (χ4v) is 3.93. The Morgan fingerprint density at radius 1 is 1.29 bits per heavy atom. The predicted molar refractivity (Wildman–Crippen MR) is 96.8 cm³/mol. The Bertz CT molecular complexity index is 554. The molecule has 24 heavy (non-hydrogen) atoms. The van der Waals surface area contributed by atoms with Gasteiger partial charge in [0.25, 0.3) is 0 Å². The Labute approximate surface area is 145 Å². The van der Waals surface area contributed by atoms with Gasteiger partial charge in [0.2, 0.25) is 0 Å². The van der Waals surface area contributed by atoms with Crippen molar-refractivity contribution in [1.82, 2.24) is 4.90 Å². The number of hydrogen-bond donors (Lipinski definition) is 0. The summed E-state index contributed by atoms with van der Waals surface area (Å²) in [5.74, 6) is 0.802. The minimum absolute atomic E-state index is 0.0648. The van der Waals surface area contributed by atoms with Gasteiger partial charge in [0.05, 0.1) is 5.92 Å². The molecule has 3 nitrogen and oxygen atoms in total. The van der Waals surface area contributed by atoms with Gasteiger partial charge in [-0.25, -0.2) is 0 Å². The summed E-state index contributed by atoms with van der Waals surface area (Å²) in [5, 5.41) is 0. The van der Waals surface area contributed by atoms with E-state index in [0.29, 0.717) is 6.61 Å². The number of esters is 1. The lowest BCUT2D eigenvalue weighted by Crippen LogP contribution is -2.29. The first-order valence-corrected chi connectivity index (χ1v) is 9.34. The van der Waals surface area contributed by atoms with Crippen LogP contribution in [-0.2, 0) is 9.53 Å². The van der Waals surface area contributed by atoms with E-state index in [1.165, 1.54) is 6.42 Å². The minimum atomic E-state index is -0.166. The topological polar surface area (TPSA) is 29.5 Å². The number of ether oxygens (including phenoxy) is 1. The summed E-state index contributed by atoms with van der Waals surface area (Å²) in [7, 11) is 0. The summed E-state index contributed by atoms with van der Waals surface area (Å²) in [6.07, 6.45) is 9.03. The SMILES string of the molecule is CC1CCN(CCOC(=O)C(c2ccccc2)C2C=CCCC2)C1. The van der Waals surface area contributed by atoms with E-state index in [1.54, 1.807) is 0 Å². The quantitative estimate of drug-likeness (QED) is 0.584. The van der Waals surface area contributed by atoms with Crippen molar-refractivity contribution in [3.8, 4) is 0 Å². The number of likely N-dealkylation sites (tertiary alicyclic amines) is 1. The number of nitrogens with zero attached hydrogens (tertiary/aromatic N) is 1. The maximum Gasteiger partial charge on any atom is 0.314 e. The van der Waals surface area contributed by atoms with Gasteiger partial charge in [-0.15, -0.1) is 0 Å². The Hall–Kier alpha value is -1.61. The van der Waals surface area contributed by atoms with Gasteiger partial charge in [0.1, 0.15) is 6.61 Å². The van der Waals surface area contributed by atoms with Crippen molar-refractivity contribution in [2.75, 3.05) is 26.2 Å². The van der Waals surface area contributed by atoms with Crippen LogP contribution in [0, 0.1) is 11.8 Å². The van der Waals surface area contributed by atoms with E-state index in [1.807, 2.05) is 18.2 Å². The molecule has 0 saturated carbocycles. The molecule has 0 N–H and O–H groups in total. The van der Waals surface area contributed by atoms with Crippen LogP contribution in [0.2, 0.25) is 0 Å². The summed E-state index contributed by atoms with van der Waals surface area (Å²) in [6.45, 7) is 5.91. The second kappa shape index (κ2) is 8.48. The van der Waals surface area contributed by atoms with Crippen LogP contribution in [0.3, 0.4) is 0 Å². The molecule has 1 aromatic carbocycles. The van der Waals surface area contributed by atoms with Crippen LogP contribution in [0.1, 0.15) is 44.1 Å². The third-order valence-corrected chi connectivity index (χ3v) is 5.29. The average Bonchev–Trinajstić information content (AvgIpc) is 3.02. The molecule has 1 aromatic rings. The molecule has 1 aliphatic carbocycles. The summed E-state index contributed by atoms with van der Waals surface area (Å²) in [4.78, 5) is 15.2. The molecule has 2 aliphatic rings. The molecule has 3 heteroatoms. The van der Waals surface area contributed by atoms with E-state index in [2.05, 4.69) is 36.1 Å². The Morgan fingerprint density at radius 3 is 2.79 bits per heavy atom. The second-order valence-corrected chi connectivity index (χ2v) is 7.27. The van der Waals surface area contributed by atoms with E-state index < -0.39 is 0 Å². The molecule has 3 unspecified atom stereocenters. The lowest BCUT2D eigenvalue weighted by molar-refractivity contribution is -0.147. The van der Waals surface area contributed by atoms with Crippen LogP contribution in [0.4, 0.5) is 0 Å². The first-order chi connectivity index (χ1) is 11.7. The maximum absolute atomic E-state index is 12.8. The Kier molecular flexibility index (Phi) is 6.08. The number of carbonyl (C=O) groups excluding carboxylic acids is 1. The van der Waals surface area contributed by atoms with Crippen molar-refractivity contribution in [1.29, 1.82) is 0 Å². The van der Waals surface area contributed by atoms with Crippen molar-refractivity contribution in [2.45, 2.75) is 38.5 Å². The zero-order valence-electron chi connectivity index (χ0n) is 14.7. The van der Waals surface area contributed by atoms with Gasteiger partial charge in [-0.3, -0.25) is 9.69 Å². The molecule has 1 aliphatic heterocycles. The molecule has 130 valence electrons. The third-order valence-electron chi connectivity index (χ3n) is 5.29. The molecule has 1 heterocycles. The van der Waals surface area contributed by atoms with E-state index in [-0.39, 0.29) is 17.8 Å². The molecular weight excluding hydrogens is 298 g/mol. The first-order valence-electron chi connectivity index (χ1n) is 9.34. The van der Waals surface area contributed by atoms with Gasteiger partial charge >= 0.3 is 5.97 Å². The number of rotatable bonds is 6. The highest BCUT2D eigenvalue weighted by atomic mass is 16.5. The van der Waals surface area contributed by atoms with Crippen LogP contribution < -0.4 is 0 Å². The zero-order chi connectivity index (χ0) is 16.8. The van der Waals surface area contributed by atoms with Crippen LogP contribution in [0.5, 0.6) is 0 Å². The van der Waals surface area contributed by atoms with E-state index in [9.17, 15) is 4.79 Å². The van der Waals surface area contributed by atoms with E-state index in [0.717, 1.165) is 50.4 Å². The van der Waals surface area contributed by atoms with E-state index in [4.69, 9.17) is 4.74 Å². The lowest BCUT2D eigenvalue weighted by atomic mass is 9.80. The summed E-state index contributed by atoms with van der Waals surface area (Å²) in [5.41, 5.74) is 1.08. The lowest BCUT2D eigenvalue weighted by Gasteiger charge is -2.26. The van der Waals surface area contributed by atoms with Crippen molar-refractivity contribution < 1.29 is 9.53 Å². The molecule has 0 bridgehead atoms. The van der Waals surface area contributed by atoms with Gasteiger partial charge in [-0.2, -0.15) is 0 Å². The highest BCUT2D eigenvalue weighted by Gasteiger charge is 2.30. The Morgan fingerprint density at radius 2 is 2.12 bits per heavy atom. The number of hydrogen-bond acceptors (Lipinski definition) is 3. The highest BCUT2D eigenvalue weighted by Crippen LogP contribution is 2.33. The van der Waals surface area contributed by atoms with Gasteiger partial charge in [0.15, 0.2) is 0 Å². The number of allylic oxidation sites excluding steroid dienone is 2. The van der Waals surface area contributed by atoms with E-state index >= 15 is 0 Å². The molecule has 1 saturated heterocycles. The standard InChI is InChI=1S/C21H29NO2/c1-17-12-13-22(16-17)14-15-24-21(23)20(18-8-4-2-5-9-18)19-10-6-3-7-11-19/h2,4-6,8-10,17,19-20H,3,7,11-16H2,1H3. The molecule has 3 atom stereocenters. The van der Waals surface area contributed by atoms with Gasteiger partial charge in [-0.1, -0.05) is 49.4 Å². The molecule has 3 rings (SSSR count). The average molecular weight is 327 g/mol. The molecule has 0 radical (unpaired) electrons. The number of benzene rings is 1. The molecular formula is C21H29NO2. The fourth-order valence-electron chi connectivity index (χ4n) is 3.93. The van der Waals surface area contributed by atoms with Crippen LogP contribution >= 0.6 is 0 Å². The fraction of sp³-hybridized carbons (Fsp3) is 0.571. The minimum Gasteiger partial charge on any atom is -0.464 e. The van der Waals surface area contributed by atoms with Crippen LogP contribution in [0.15, 0.2) is 42.5 Å². The first kappa shape index (κ1) is 17.2. The van der Waals surface area contributed by atoms with Gasteiger partial charge < -0.3 is 4.74 Å². The van der Waals surface area contributed by atoms with Crippen LogP contribution in [0.25, 0.3) is 0 Å². The smallest absolute Gasteiger partial charge is 0.314 e. The zero-order valence-corrected chi connectivity index (χ0v) is 14.7. The summed E-state index contributed by atoms with van der Waals surface area (Å²) in [6, 6.07) is 10.1. The molecule has 0 spiro atoms. The normalized spacial score (nSPS) is 25.5. The predicted octanol–water partition coefficient (Wildman–Crippen LogP) is 4.01. The van der Waals surface area contributed by atoms with Crippen molar-refractivity contribution in [2.24, 2.45) is 11.8 Å². The van der Waals surface area contributed by atoms with Gasteiger partial charge in [0, 0.05) is 13.1 Å². The maximum atomic E-state index is 12.8. The summed E-state index contributed by atoms with van der Waals surface area (Å²) < 4.78 is 5.69. The second-order valence-electron chi connectivity index (χ2n) is 7.27. The van der Waals surface area contributed by atoms with Gasteiger partial charge in [-0.05, 0) is 49.6 Å². The van der Waals surface area contributed by atoms with Crippen molar-refractivity contribution in [3.05, 3.63) is 48.0 Å². The molecule has 0 amide bonds. The largest absolute Gasteiger partial charge is 0.464 e. The summed E-state index contributed by atoms with van der Waals surface area (Å²) >= 11 is 0. The van der Waals surface area contributed by atoms with Crippen LogP contribution in [-0.4, -0.2) is 37.1 Å². The number of carbonyl (C=O) groups is 1. The highest BCUT2D eigenvalue weighted by molar-refractivity contribution is 5.79. The third kappa shape index (κ3) is 4.47. The molecule has 0 aromatic heterocycles. The molecule has 1 fully saturated rings. The van der Waals surface area contributed by atoms with Crippen molar-refractivity contribution >= 4 is 5.97 Å². The monoisotopic (exact) mass is 327 g/mol.